The van der Waals surface area contributed by atoms with Crippen molar-refractivity contribution in [2.45, 2.75) is 13.8 Å². The molecular formula is C10H11O2. The second-order valence-electron chi connectivity index (χ2n) is 2.51. The molecule has 63 valence electrons. The third kappa shape index (κ3) is 2.09. The van der Waals surface area contributed by atoms with Gasteiger partial charge in [0.15, 0.2) is 0 Å². The van der Waals surface area contributed by atoms with Crippen LogP contribution in [0.5, 0.6) is 0 Å². The first kappa shape index (κ1) is 8.78. The number of aryl methyl sites for hydroxylation is 1. The van der Waals surface area contributed by atoms with Crippen LogP contribution >= 0.6 is 0 Å². The number of rotatable bonds is 2. The fourth-order valence-electron chi connectivity index (χ4n) is 0.947. The number of benzene rings is 1. The molecule has 0 aromatic heterocycles. The van der Waals surface area contributed by atoms with Crippen LogP contribution in [0.1, 0.15) is 22.8 Å². The SMILES string of the molecule is C[CH]OC(=O)c1cccc(C)c1. The Morgan fingerprint density at radius 3 is 2.83 bits per heavy atom. The molecule has 2 heteroatoms. The molecule has 0 aliphatic rings. The van der Waals surface area contributed by atoms with Gasteiger partial charge in [-0.25, -0.2) is 4.79 Å². The van der Waals surface area contributed by atoms with Gasteiger partial charge in [0.25, 0.3) is 0 Å². The van der Waals surface area contributed by atoms with Crippen LogP contribution in [0.2, 0.25) is 0 Å². The fraction of sp³-hybridized carbons (Fsp3) is 0.200. The Kier molecular flexibility index (Phi) is 2.86. The molecule has 0 heterocycles. The number of esters is 1. The first-order valence-corrected chi connectivity index (χ1v) is 3.79. The maximum atomic E-state index is 11.1. The Morgan fingerprint density at radius 1 is 1.50 bits per heavy atom. The first-order chi connectivity index (χ1) is 5.74. The molecule has 1 radical (unpaired) electrons. The normalized spacial score (nSPS) is 9.50. The van der Waals surface area contributed by atoms with E-state index in [1.54, 1.807) is 19.1 Å². The molecule has 0 fully saturated rings. The van der Waals surface area contributed by atoms with Crippen molar-refractivity contribution in [3.63, 3.8) is 0 Å². The van der Waals surface area contributed by atoms with Crippen LogP contribution in [0.3, 0.4) is 0 Å². The van der Waals surface area contributed by atoms with Crippen LogP contribution in [0.4, 0.5) is 0 Å². The van der Waals surface area contributed by atoms with Gasteiger partial charge in [-0.2, -0.15) is 0 Å². The molecule has 1 rings (SSSR count). The van der Waals surface area contributed by atoms with E-state index < -0.39 is 0 Å². The molecule has 0 spiro atoms. The largest absolute Gasteiger partial charge is 0.455 e. The van der Waals surface area contributed by atoms with Crippen molar-refractivity contribution in [2.75, 3.05) is 0 Å². The van der Waals surface area contributed by atoms with Gasteiger partial charge in [-0.15, -0.1) is 0 Å². The summed E-state index contributed by atoms with van der Waals surface area (Å²) in [5.74, 6) is -0.304. The maximum absolute atomic E-state index is 11.1. The van der Waals surface area contributed by atoms with E-state index in [9.17, 15) is 4.79 Å². The molecule has 0 saturated heterocycles. The minimum atomic E-state index is -0.304. The summed E-state index contributed by atoms with van der Waals surface area (Å²) in [5, 5.41) is 0. The zero-order valence-electron chi connectivity index (χ0n) is 7.20. The third-order valence-electron chi connectivity index (χ3n) is 1.48. The molecule has 2 nitrogen and oxygen atoms in total. The molecule has 0 unspecified atom stereocenters. The van der Waals surface area contributed by atoms with Gasteiger partial charge in [0.1, 0.15) is 6.61 Å². The van der Waals surface area contributed by atoms with E-state index in [0.29, 0.717) is 5.56 Å². The van der Waals surface area contributed by atoms with Crippen LogP contribution in [-0.4, -0.2) is 5.97 Å². The Hall–Kier alpha value is -1.31. The summed E-state index contributed by atoms with van der Waals surface area (Å²) in [5.41, 5.74) is 1.65. The highest BCUT2D eigenvalue weighted by atomic mass is 16.5. The summed E-state index contributed by atoms with van der Waals surface area (Å²) in [7, 11) is 0. The number of ether oxygens (including phenoxy) is 1. The van der Waals surface area contributed by atoms with Gasteiger partial charge in [-0.3, -0.25) is 0 Å². The summed E-state index contributed by atoms with van der Waals surface area (Å²) in [4.78, 5) is 11.1. The Balaban J connectivity index is 2.81. The first-order valence-electron chi connectivity index (χ1n) is 3.79. The quantitative estimate of drug-likeness (QED) is 0.625. The van der Waals surface area contributed by atoms with Crippen molar-refractivity contribution in [1.82, 2.24) is 0 Å². The van der Waals surface area contributed by atoms with Gasteiger partial charge in [-0.05, 0) is 26.0 Å². The zero-order chi connectivity index (χ0) is 8.97. The van der Waals surface area contributed by atoms with Gasteiger partial charge in [0.2, 0.25) is 0 Å². The van der Waals surface area contributed by atoms with Crippen LogP contribution in [0.15, 0.2) is 24.3 Å². The van der Waals surface area contributed by atoms with E-state index in [1.165, 1.54) is 6.61 Å². The highest BCUT2D eigenvalue weighted by Gasteiger charge is 2.04. The van der Waals surface area contributed by atoms with E-state index >= 15 is 0 Å². The Labute approximate surface area is 72.2 Å². The summed E-state index contributed by atoms with van der Waals surface area (Å²) in [6.07, 6.45) is 0. The van der Waals surface area contributed by atoms with E-state index in [-0.39, 0.29) is 5.97 Å². The second kappa shape index (κ2) is 3.90. The van der Waals surface area contributed by atoms with Crippen molar-refractivity contribution in [3.8, 4) is 0 Å². The van der Waals surface area contributed by atoms with Crippen LogP contribution < -0.4 is 0 Å². The lowest BCUT2D eigenvalue weighted by Gasteiger charge is -2.00. The zero-order valence-corrected chi connectivity index (χ0v) is 7.20. The molecule has 0 bridgehead atoms. The molecule has 0 amide bonds. The third-order valence-corrected chi connectivity index (χ3v) is 1.48. The molecule has 1 aromatic carbocycles. The average Bonchev–Trinajstić information content (AvgIpc) is 2.05. The van der Waals surface area contributed by atoms with Crippen molar-refractivity contribution < 1.29 is 9.53 Å². The fourth-order valence-corrected chi connectivity index (χ4v) is 0.947. The van der Waals surface area contributed by atoms with Crippen LogP contribution in [0, 0.1) is 13.5 Å². The summed E-state index contributed by atoms with van der Waals surface area (Å²) in [6.45, 7) is 4.99. The standard InChI is InChI=1S/C10H11O2/c1-3-12-10(11)9-6-4-5-8(2)7-9/h3-7H,1-2H3. The van der Waals surface area contributed by atoms with Gasteiger partial charge in [0.05, 0.1) is 5.56 Å². The lowest BCUT2D eigenvalue weighted by molar-refractivity contribution is 0.0612. The molecule has 0 atom stereocenters. The van der Waals surface area contributed by atoms with E-state index in [1.807, 2.05) is 19.1 Å². The topological polar surface area (TPSA) is 26.3 Å². The van der Waals surface area contributed by atoms with Crippen molar-refractivity contribution in [2.24, 2.45) is 0 Å². The number of carbonyl (C=O) groups excluding carboxylic acids is 1. The maximum Gasteiger partial charge on any atom is 0.338 e. The van der Waals surface area contributed by atoms with Crippen LogP contribution in [-0.2, 0) is 4.74 Å². The van der Waals surface area contributed by atoms with Crippen molar-refractivity contribution in [1.29, 1.82) is 0 Å². The smallest absolute Gasteiger partial charge is 0.338 e. The summed E-state index contributed by atoms with van der Waals surface area (Å²) >= 11 is 0. The van der Waals surface area contributed by atoms with Gasteiger partial charge in [-0.1, -0.05) is 17.7 Å². The lowest BCUT2D eigenvalue weighted by atomic mass is 10.1. The molecule has 12 heavy (non-hydrogen) atoms. The average molecular weight is 163 g/mol. The predicted octanol–water partition coefficient (Wildman–Crippen LogP) is 2.33. The van der Waals surface area contributed by atoms with Gasteiger partial charge >= 0.3 is 5.97 Å². The lowest BCUT2D eigenvalue weighted by Crippen LogP contribution is -2.01. The van der Waals surface area contributed by atoms with Gasteiger partial charge < -0.3 is 4.74 Å². The monoisotopic (exact) mass is 163 g/mol. The molecule has 0 aliphatic carbocycles. The molecule has 0 N–H and O–H groups in total. The van der Waals surface area contributed by atoms with E-state index in [0.717, 1.165) is 5.56 Å². The number of hydrogen-bond acceptors (Lipinski definition) is 2. The highest BCUT2D eigenvalue weighted by Crippen LogP contribution is 2.05. The molecule has 1 aromatic rings. The number of carbonyl (C=O) groups is 1. The predicted molar refractivity (Wildman–Crippen MR) is 46.6 cm³/mol. The molecule has 0 saturated carbocycles. The van der Waals surface area contributed by atoms with Crippen molar-refractivity contribution in [3.05, 3.63) is 42.0 Å². The van der Waals surface area contributed by atoms with Crippen molar-refractivity contribution >= 4 is 5.97 Å². The van der Waals surface area contributed by atoms with E-state index in [4.69, 9.17) is 4.74 Å². The summed E-state index contributed by atoms with van der Waals surface area (Å²) < 4.78 is 4.72. The molecular weight excluding hydrogens is 152 g/mol. The van der Waals surface area contributed by atoms with Gasteiger partial charge in [0, 0.05) is 0 Å². The summed E-state index contributed by atoms with van der Waals surface area (Å²) in [6, 6.07) is 7.30. The minimum Gasteiger partial charge on any atom is -0.455 e. The Morgan fingerprint density at radius 2 is 2.25 bits per heavy atom. The van der Waals surface area contributed by atoms with Crippen LogP contribution in [0.25, 0.3) is 0 Å². The minimum absolute atomic E-state index is 0.304. The molecule has 0 aliphatic heterocycles. The second-order valence-corrected chi connectivity index (χ2v) is 2.51. The van der Waals surface area contributed by atoms with E-state index in [2.05, 4.69) is 0 Å². The highest BCUT2D eigenvalue weighted by molar-refractivity contribution is 5.89. The number of hydrogen-bond donors (Lipinski definition) is 0. The Bertz CT molecular complexity index is 279.